The summed E-state index contributed by atoms with van der Waals surface area (Å²) < 4.78 is 1.05. The van der Waals surface area contributed by atoms with E-state index in [1.807, 2.05) is 19.1 Å². The smallest absolute Gasteiger partial charge is 0.126 e. The normalized spacial score (nSPS) is 12.2. The molecule has 2 nitrogen and oxygen atoms in total. The first kappa shape index (κ1) is 14.1. The van der Waals surface area contributed by atoms with Gasteiger partial charge in [0.1, 0.15) is 5.82 Å². The fourth-order valence-electron chi connectivity index (χ4n) is 1.98. The van der Waals surface area contributed by atoms with Crippen LogP contribution in [-0.2, 0) is 6.42 Å². The van der Waals surface area contributed by atoms with Crippen molar-refractivity contribution in [3.63, 3.8) is 0 Å². The average molecular weight is 319 g/mol. The Hall–Kier alpha value is -1.35. The highest BCUT2D eigenvalue weighted by Crippen LogP contribution is 2.17. The fourth-order valence-corrected chi connectivity index (χ4v) is 2.20. The first-order valence-electron chi connectivity index (χ1n) is 6.59. The molecule has 0 saturated heterocycles. The number of pyridine rings is 1. The number of nitrogens with one attached hydrogen (secondary N) is 1. The zero-order valence-electron chi connectivity index (χ0n) is 11.4. The number of halogens is 1. The minimum atomic E-state index is 0.410. The number of nitrogens with zero attached hydrogens (tertiary/aromatic N) is 1. The van der Waals surface area contributed by atoms with Crippen molar-refractivity contribution in [2.24, 2.45) is 0 Å². The second-order valence-electron chi connectivity index (χ2n) is 4.83. The molecule has 0 aliphatic carbocycles. The third-order valence-electron chi connectivity index (χ3n) is 3.12. The Balaban J connectivity index is 1.87. The maximum absolute atomic E-state index is 4.51. The van der Waals surface area contributed by atoms with Gasteiger partial charge in [-0.1, -0.05) is 30.3 Å². The Morgan fingerprint density at radius 3 is 2.58 bits per heavy atom. The molecule has 0 bridgehead atoms. The predicted octanol–water partition coefficient (Wildman–Crippen LogP) is 4.59. The third kappa shape index (κ3) is 4.35. The van der Waals surface area contributed by atoms with E-state index in [0.717, 1.165) is 28.8 Å². The number of aryl methyl sites for hydroxylation is 2. The van der Waals surface area contributed by atoms with Crippen molar-refractivity contribution < 1.29 is 0 Å². The molecule has 0 saturated carbocycles. The molecular formula is C16H19BrN2. The first-order valence-corrected chi connectivity index (χ1v) is 7.38. The lowest BCUT2D eigenvalue weighted by molar-refractivity contribution is 0.702. The number of hydrogen-bond donors (Lipinski definition) is 1. The predicted molar refractivity (Wildman–Crippen MR) is 84.5 cm³/mol. The maximum atomic E-state index is 4.51. The molecule has 1 N–H and O–H groups in total. The molecule has 0 aliphatic heterocycles. The van der Waals surface area contributed by atoms with E-state index < -0.39 is 0 Å². The Bertz CT molecular complexity index is 526. The van der Waals surface area contributed by atoms with Gasteiger partial charge in [-0.05, 0) is 60.3 Å². The topological polar surface area (TPSA) is 24.9 Å². The van der Waals surface area contributed by atoms with E-state index in [9.17, 15) is 0 Å². The van der Waals surface area contributed by atoms with Crippen LogP contribution in [0.1, 0.15) is 24.6 Å². The Kier molecular flexibility index (Phi) is 4.97. The van der Waals surface area contributed by atoms with Crippen molar-refractivity contribution >= 4 is 21.7 Å². The molecule has 100 valence electrons. The Morgan fingerprint density at radius 2 is 1.89 bits per heavy atom. The second-order valence-corrected chi connectivity index (χ2v) is 5.69. The lowest BCUT2D eigenvalue weighted by Crippen LogP contribution is -2.17. The molecule has 1 unspecified atom stereocenters. The van der Waals surface area contributed by atoms with Crippen molar-refractivity contribution in [1.29, 1.82) is 0 Å². The van der Waals surface area contributed by atoms with Crippen molar-refractivity contribution in [2.75, 3.05) is 5.32 Å². The van der Waals surface area contributed by atoms with Gasteiger partial charge in [-0.3, -0.25) is 0 Å². The summed E-state index contributed by atoms with van der Waals surface area (Å²) in [5, 5.41) is 3.45. The summed E-state index contributed by atoms with van der Waals surface area (Å²) in [6.45, 7) is 4.20. The van der Waals surface area contributed by atoms with Crippen molar-refractivity contribution in [3.05, 3.63) is 58.2 Å². The van der Waals surface area contributed by atoms with E-state index in [2.05, 4.69) is 63.5 Å². The quantitative estimate of drug-likeness (QED) is 0.872. The maximum Gasteiger partial charge on any atom is 0.126 e. The summed E-state index contributed by atoms with van der Waals surface area (Å²) in [7, 11) is 0. The molecule has 1 heterocycles. The summed E-state index contributed by atoms with van der Waals surface area (Å²) >= 11 is 3.47. The number of hydrogen-bond acceptors (Lipinski definition) is 2. The van der Waals surface area contributed by atoms with E-state index >= 15 is 0 Å². The van der Waals surface area contributed by atoms with Gasteiger partial charge in [0.05, 0.1) is 5.69 Å². The van der Waals surface area contributed by atoms with Crippen LogP contribution in [0.15, 0.2) is 46.9 Å². The lowest BCUT2D eigenvalue weighted by atomic mass is 10.1. The van der Waals surface area contributed by atoms with Crippen LogP contribution in [0, 0.1) is 6.92 Å². The van der Waals surface area contributed by atoms with Gasteiger partial charge in [0.2, 0.25) is 0 Å². The molecule has 0 aliphatic rings. The number of anilines is 1. The van der Waals surface area contributed by atoms with Crippen LogP contribution in [0.2, 0.25) is 0 Å². The van der Waals surface area contributed by atoms with Crippen LogP contribution >= 0.6 is 15.9 Å². The number of aromatic nitrogens is 1. The van der Waals surface area contributed by atoms with Crippen LogP contribution < -0.4 is 5.32 Å². The monoisotopic (exact) mass is 318 g/mol. The van der Waals surface area contributed by atoms with Gasteiger partial charge in [0.15, 0.2) is 0 Å². The first-order chi connectivity index (χ1) is 9.15. The van der Waals surface area contributed by atoms with Gasteiger partial charge < -0.3 is 5.32 Å². The van der Waals surface area contributed by atoms with Crippen LogP contribution in [0.5, 0.6) is 0 Å². The van der Waals surface area contributed by atoms with Gasteiger partial charge in [-0.15, -0.1) is 0 Å². The van der Waals surface area contributed by atoms with Crippen LogP contribution in [0.4, 0.5) is 5.82 Å². The molecule has 0 fully saturated rings. The van der Waals surface area contributed by atoms with Gasteiger partial charge in [-0.2, -0.15) is 0 Å². The molecule has 0 radical (unpaired) electrons. The largest absolute Gasteiger partial charge is 0.368 e. The molecular weight excluding hydrogens is 300 g/mol. The van der Waals surface area contributed by atoms with Gasteiger partial charge in [0, 0.05) is 10.5 Å². The van der Waals surface area contributed by atoms with Crippen LogP contribution in [-0.4, -0.2) is 11.0 Å². The molecule has 2 aromatic rings. The molecule has 19 heavy (non-hydrogen) atoms. The summed E-state index contributed by atoms with van der Waals surface area (Å²) in [6, 6.07) is 15.0. The SMILES string of the molecule is Cc1nc(NC(C)CCc2ccccc2)ccc1Br. The van der Waals surface area contributed by atoms with Crippen molar-refractivity contribution in [2.45, 2.75) is 32.7 Å². The molecule has 0 spiro atoms. The fraction of sp³-hybridized carbons (Fsp3) is 0.312. The van der Waals surface area contributed by atoms with Crippen LogP contribution in [0.3, 0.4) is 0 Å². The average Bonchev–Trinajstić information content (AvgIpc) is 2.42. The Morgan fingerprint density at radius 1 is 1.16 bits per heavy atom. The highest BCUT2D eigenvalue weighted by atomic mass is 79.9. The Labute approximate surface area is 123 Å². The minimum absolute atomic E-state index is 0.410. The van der Waals surface area contributed by atoms with Crippen molar-refractivity contribution in [1.82, 2.24) is 4.98 Å². The zero-order chi connectivity index (χ0) is 13.7. The summed E-state index contributed by atoms with van der Waals surface area (Å²) in [6.07, 6.45) is 2.19. The summed E-state index contributed by atoms with van der Waals surface area (Å²) in [5.74, 6) is 0.946. The van der Waals surface area contributed by atoms with E-state index in [1.54, 1.807) is 0 Å². The molecule has 1 atom stereocenters. The molecule has 1 aromatic carbocycles. The van der Waals surface area contributed by atoms with Crippen molar-refractivity contribution in [3.8, 4) is 0 Å². The second kappa shape index (κ2) is 6.71. The summed E-state index contributed by atoms with van der Waals surface area (Å²) in [5.41, 5.74) is 2.40. The van der Waals surface area contributed by atoms with E-state index in [0.29, 0.717) is 6.04 Å². The minimum Gasteiger partial charge on any atom is -0.368 e. The van der Waals surface area contributed by atoms with E-state index in [4.69, 9.17) is 0 Å². The lowest BCUT2D eigenvalue weighted by Gasteiger charge is -2.15. The summed E-state index contributed by atoms with van der Waals surface area (Å²) in [4.78, 5) is 4.51. The molecule has 1 aromatic heterocycles. The van der Waals surface area contributed by atoms with Gasteiger partial charge >= 0.3 is 0 Å². The number of rotatable bonds is 5. The highest BCUT2D eigenvalue weighted by Gasteiger charge is 2.05. The zero-order valence-corrected chi connectivity index (χ0v) is 12.9. The van der Waals surface area contributed by atoms with Gasteiger partial charge in [-0.25, -0.2) is 4.98 Å². The van der Waals surface area contributed by atoms with E-state index in [-0.39, 0.29) is 0 Å². The number of benzene rings is 1. The van der Waals surface area contributed by atoms with Gasteiger partial charge in [0.25, 0.3) is 0 Å². The molecule has 0 amide bonds. The standard InChI is InChI=1S/C16H19BrN2/c1-12(8-9-14-6-4-3-5-7-14)18-16-11-10-15(17)13(2)19-16/h3-7,10-12H,8-9H2,1-2H3,(H,18,19). The van der Waals surface area contributed by atoms with Crippen LogP contribution in [0.25, 0.3) is 0 Å². The highest BCUT2D eigenvalue weighted by molar-refractivity contribution is 9.10. The molecule has 2 rings (SSSR count). The molecule has 3 heteroatoms. The van der Waals surface area contributed by atoms with E-state index in [1.165, 1.54) is 5.56 Å². The third-order valence-corrected chi connectivity index (χ3v) is 3.96.